The predicted molar refractivity (Wildman–Crippen MR) is 67.3 cm³/mol. The minimum atomic E-state index is -0.409. The Kier molecular flexibility index (Phi) is 3.09. The van der Waals surface area contributed by atoms with Crippen molar-refractivity contribution in [3.8, 4) is 0 Å². The molecule has 1 aliphatic heterocycles. The molecule has 0 aliphatic carbocycles. The lowest BCUT2D eigenvalue weighted by Gasteiger charge is -2.30. The van der Waals surface area contributed by atoms with Gasteiger partial charge in [-0.25, -0.2) is 4.79 Å². The SMILES string of the molecule is C=C1c2c(ccc(Cl)c2Cl)NC(=O)N1CC=O. The van der Waals surface area contributed by atoms with Crippen LogP contribution in [0.4, 0.5) is 10.5 Å². The molecule has 4 nitrogen and oxygen atoms in total. The van der Waals surface area contributed by atoms with Gasteiger partial charge in [0.15, 0.2) is 0 Å². The molecule has 0 aromatic heterocycles. The van der Waals surface area contributed by atoms with Crippen molar-refractivity contribution in [2.45, 2.75) is 0 Å². The van der Waals surface area contributed by atoms with Gasteiger partial charge in [-0.05, 0) is 12.1 Å². The van der Waals surface area contributed by atoms with Crippen molar-refractivity contribution in [2.24, 2.45) is 0 Å². The number of amides is 2. The van der Waals surface area contributed by atoms with Gasteiger partial charge < -0.3 is 10.1 Å². The molecule has 6 heteroatoms. The van der Waals surface area contributed by atoms with Crippen molar-refractivity contribution in [3.63, 3.8) is 0 Å². The number of urea groups is 1. The number of benzene rings is 1. The highest BCUT2D eigenvalue weighted by Gasteiger charge is 2.28. The van der Waals surface area contributed by atoms with Gasteiger partial charge in [-0.15, -0.1) is 0 Å². The standard InChI is InChI=1S/C11H8Cl2N2O2/c1-6-9-8(3-2-7(12)10(9)13)14-11(17)15(6)4-5-16/h2-3,5H,1,4H2,(H,14,17). The molecule has 88 valence electrons. The summed E-state index contributed by atoms with van der Waals surface area (Å²) in [6.07, 6.45) is 0.619. The summed E-state index contributed by atoms with van der Waals surface area (Å²) in [6, 6.07) is 2.82. The van der Waals surface area contributed by atoms with E-state index in [9.17, 15) is 9.59 Å². The van der Waals surface area contributed by atoms with Crippen LogP contribution in [0.25, 0.3) is 5.70 Å². The van der Waals surface area contributed by atoms with E-state index in [4.69, 9.17) is 23.2 Å². The zero-order valence-corrected chi connectivity index (χ0v) is 10.2. The van der Waals surface area contributed by atoms with Crippen molar-refractivity contribution < 1.29 is 9.59 Å². The molecule has 1 aliphatic rings. The second-order valence-corrected chi connectivity index (χ2v) is 4.22. The molecule has 1 aromatic carbocycles. The molecule has 1 heterocycles. The van der Waals surface area contributed by atoms with Gasteiger partial charge >= 0.3 is 6.03 Å². The van der Waals surface area contributed by atoms with E-state index >= 15 is 0 Å². The quantitative estimate of drug-likeness (QED) is 0.840. The van der Waals surface area contributed by atoms with Gasteiger partial charge in [0.2, 0.25) is 0 Å². The summed E-state index contributed by atoms with van der Waals surface area (Å²) < 4.78 is 0. The van der Waals surface area contributed by atoms with Crippen molar-refractivity contribution in [1.29, 1.82) is 0 Å². The Balaban J connectivity index is 2.55. The number of halogens is 2. The van der Waals surface area contributed by atoms with E-state index < -0.39 is 6.03 Å². The fraction of sp³-hybridized carbons (Fsp3) is 0.0909. The summed E-state index contributed by atoms with van der Waals surface area (Å²) in [5, 5.41) is 3.30. The Labute approximate surface area is 108 Å². The molecule has 0 radical (unpaired) electrons. The van der Waals surface area contributed by atoms with E-state index in [-0.39, 0.29) is 6.54 Å². The number of hydrogen-bond acceptors (Lipinski definition) is 2. The first-order valence-electron chi connectivity index (χ1n) is 4.75. The number of nitrogens with one attached hydrogen (secondary N) is 1. The number of rotatable bonds is 2. The summed E-state index contributed by atoms with van der Waals surface area (Å²) >= 11 is 12.0. The number of fused-ring (bicyclic) bond motifs is 1. The first-order chi connectivity index (χ1) is 8.06. The number of anilines is 1. The van der Waals surface area contributed by atoms with Crippen LogP contribution in [0.3, 0.4) is 0 Å². The zero-order valence-electron chi connectivity index (χ0n) is 8.67. The molecule has 2 rings (SSSR count). The van der Waals surface area contributed by atoms with E-state index in [0.717, 1.165) is 0 Å². The highest BCUT2D eigenvalue weighted by atomic mass is 35.5. The first kappa shape index (κ1) is 12.0. The Morgan fingerprint density at radius 2 is 2.12 bits per heavy atom. The molecule has 0 fully saturated rings. The van der Waals surface area contributed by atoms with Crippen LogP contribution in [0, 0.1) is 0 Å². The second-order valence-electron chi connectivity index (χ2n) is 3.44. The van der Waals surface area contributed by atoms with Crippen LogP contribution < -0.4 is 5.32 Å². The smallest absolute Gasteiger partial charge is 0.307 e. The van der Waals surface area contributed by atoms with E-state index in [1.54, 1.807) is 12.1 Å². The molecule has 0 saturated carbocycles. The zero-order chi connectivity index (χ0) is 12.6. The Morgan fingerprint density at radius 1 is 1.41 bits per heavy atom. The van der Waals surface area contributed by atoms with Crippen molar-refractivity contribution in [1.82, 2.24) is 4.90 Å². The molecule has 0 spiro atoms. The van der Waals surface area contributed by atoms with E-state index in [1.807, 2.05) is 0 Å². The van der Waals surface area contributed by atoms with Crippen LogP contribution in [0.5, 0.6) is 0 Å². The fourth-order valence-electron chi connectivity index (χ4n) is 1.64. The van der Waals surface area contributed by atoms with Gasteiger partial charge in [0.05, 0.1) is 22.3 Å². The molecule has 0 saturated heterocycles. The second kappa shape index (κ2) is 4.39. The summed E-state index contributed by atoms with van der Waals surface area (Å²) in [4.78, 5) is 23.4. The van der Waals surface area contributed by atoms with Gasteiger partial charge in [0, 0.05) is 11.3 Å². The summed E-state index contributed by atoms with van der Waals surface area (Å²) in [5.74, 6) is 0. The van der Waals surface area contributed by atoms with Crippen molar-refractivity contribution in [3.05, 3.63) is 34.3 Å². The number of carbonyl (C=O) groups excluding carboxylic acids is 2. The van der Waals surface area contributed by atoms with E-state index in [1.165, 1.54) is 4.90 Å². The molecule has 1 aromatic rings. The molecule has 0 bridgehead atoms. The van der Waals surface area contributed by atoms with E-state index in [0.29, 0.717) is 33.3 Å². The van der Waals surface area contributed by atoms with Crippen LogP contribution in [0.1, 0.15) is 5.56 Å². The first-order valence-corrected chi connectivity index (χ1v) is 5.51. The molecule has 2 amide bonds. The Morgan fingerprint density at radius 3 is 2.76 bits per heavy atom. The van der Waals surface area contributed by atoms with Crippen LogP contribution in [-0.4, -0.2) is 23.8 Å². The third kappa shape index (κ3) is 1.90. The predicted octanol–water partition coefficient (Wildman–Crippen LogP) is 3.01. The largest absolute Gasteiger partial charge is 0.326 e. The fourth-order valence-corrected chi connectivity index (χ4v) is 2.08. The molecular weight excluding hydrogens is 263 g/mol. The third-order valence-corrected chi connectivity index (χ3v) is 3.26. The minimum absolute atomic E-state index is 0.0764. The minimum Gasteiger partial charge on any atom is -0.307 e. The van der Waals surface area contributed by atoms with Gasteiger partial charge in [0.1, 0.15) is 6.29 Å². The number of hydrogen-bond donors (Lipinski definition) is 1. The highest BCUT2D eigenvalue weighted by Crippen LogP contribution is 2.39. The van der Waals surface area contributed by atoms with Crippen LogP contribution in [0.15, 0.2) is 18.7 Å². The summed E-state index contributed by atoms with van der Waals surface area (Å²) in [7, 11) is 0. The van der Waals surface area contributed by atoms with Crippen LogP contribution >= 0.6 is 23.2 Å². The molecule has 17 heavy (non-hydrogen) atoms. The normalized spacial score (nSPS) is 14.4. The molecule has 0 atom stereocenters. The number of aldehydes is 1. The monoisotopic (exact) mass is 270 g/mol. The molecule has 0 unspecified atom stereocenters. The lowest BCUT2D eigenvalue weighted by atomic mass is 10.1. The summed E-state index contributed by atoms with van der Waals surface area (Å²) in [6.45, 7) is 3.69. The van der Waals surface area contributed by atoms with E-state index in [2.05, 4.69) is 11.9 Å². The third-order valence-electron chi connectivity index (χ3n) is 2.45. The maximum absolute atomic E-state index is 11.7. The van der Waals surface area contributed by atoms with Crippen LogP contribution in [-0.2, 0) is 4.79 Å². The van der Waals surface area contributed by atoms with Crippen LogP contribution in [0.2, 0.25) is 10.0 Å². The molecule has 1 N–H and O–H groups in total. The maximum Gasteiger partial charge on any atom is 0.326 e. The molecular formula is C11H8Cl2N2O2. The lowest BCUT2D eigenvalue weighted by Crippen LogP contribution is -2.38. The van der Waals surface area contributed by atoms with Gasteiger partial charge in [0.25, 0.3) is 0 Å². The number of nitrogens with zero attached hydrogens (tertiary/aromatic N) is 1. The highest BCUT2D eigenvalue weighted by molar-refractivity contribution is 6.43. The van der Waals surface area contributed by atoms with Gasteiger partial charge in [-0.3, -0.25) is 4.90 Å². The Hall–Kier alpha value is -1.52. The topological polar surface area (TPSA) is 49.4 Å². The average molecular weight is 271 g/mol. The van der Waals surface area contributed by atoms with Crippen molar-refractivity contribution >= 4 is 46.9 Å². The lowest BCUT2D eigenvalue weighted by molar-refractivity contribution is -0.107. The Bertz CT molecular complexity index is 528. The number of carbonyl (C=O) groups is 2. The summed E-state index contributed by atoms with van der Waals surface area (Å²) in [5.41, 5.74) is 1.44. The van der Waals surface area contributed by atoms with Gasteiger partial charge in [-0.2, -0.15) is 0 Å². The van der Waals surface area contributed by atoms with Gasteiger partial charge in [-0.1, -0.05) is 29.8 Å². The average Bonchev–Trinajstić information content (AvgIpc) is 2.29. The maximum atomic E-state index is 11.7. The van der Waals surface area contributed by atoms with Crippen molar-refractivity contribution in [2.75, 3.05) is 11.9 Å².